The molecule has 20 heavy (non-hydrogen) atoms. The molecule has 1 aromatic rings. The average Bonchev–Trinajstić information content (AvgIpc) is 3.29. The molecule has 2 N–H and O–H groups in total. The molecule has 1 aliphatic rings. The van der Waals surface area contributed by atoms with Crippen LogP contribution in [0.5, 0.6) is 0 Å². The Morgan fingerprint density at radius 2 is 2.00 bits per heavy atom. The summed E-state index contributed by atoms with van der Waals surface area (Å²) in [6.45, 7) is 3.87. The highest BCUT2D eigenvalue weighted by Crippen LogP contribution is 2.36. The zero-order valence-electron chi connectivity index (χ0n) is 12.0. The van der Waals surface area contributed by atoms with Crippen molar-refractivity contribution in [3.63, 3.8) is 0 Å². The van der Waals surface area contributed by atoms with Gasteiger partial charge in [-0.15, -0.1) is 0 Å². The van der Waals surface area contributed by atoms with Crippen molar-refractivity contribution in [3.8, 4) is 11.8 Å². The van der Waals surface area contributed by atoms with Gasteiger partial charge >= 0.3 is 0 Å². The number of carbonyl (C=O) groups excluding carboxylic acids is 1. The fourth-order valence-corrected chi connectivity index (χ4v) is 2.24. The number of aliphatic hydroxyl groups is 1. The second-order valence-corrected chi connectivity index (χ2v) is 5.44. The molecule has 0 aromatic heterocycles. The van der Waals surface area contributed by atoms with Crippen molar-refractivity contribution < 1.29 is 9.90 Å². The molecule has 0 aliphatic heterocycles. The fraction of sp³-hybridized carbons (Fsp3) is 0.471. The number of aliphatic hydroxyl groups excluding tert-OH is 1. The van der Waals surface area contributed by atoms with E-state index in [4.69, 9.17) is 5.11 Å². The Hall–Kier alpha value is -1.79. The maximum Gasteiger partial charge on any atom is 0.223 e. The summed E-state index contributed by atoms with van der Waals surface area (Å²) in [6.07, 6.45) is 2.36. The van der Waals surface area contributed by atoms with Gasteiger partial charge in [0.1, 0.15) is 6.61 Å². The summed E-state index contributed by atoms with van der Waals surface area (Å²) in [6, 6.07) is 7.75. The van der Waals surface area contributed by atoms with Gasteiger partial charge in [0.2, 0.25) is 5.91 Å². The Labute approximate surface area is 120 Å². The van der Waals surface area contributed by atoms with Crippen LogP contribution in [0, 0.1) is 23.7 Å². The minimum atomic E-state index is -0.132. The quantitative estimate of drug-likeness (QED) is 0.825. The second kappa shape index (κ2) is 6.58. The molecule has 0 saturated heterocycles. The molecule has 2 unspecified atom stereocenters. The number of rotatable bonds is 4. The van der Waals surface area contributed by atoms with Gasteiger partial charge in [0, 0.05) is 11.5 Å². The van der Waals surface area contributed by atoms with Gasteiger partial charge < -0.3 is 10.4 Å². The van der Waals surface area contributed by atoms with Gasteiger partial charge in [0.15, 0.2) is 0 Å². The van der Waals surface area contributed by atoms with Crippen LogP contribution in [0.4, 0.5) is 0 Å². The highest BCUT2D eigenvalue weighted by Gasteiger charge is 2.32. The Balaban J connectivity index is 1.94. The Morgan fingerprint density at radius 3 is 2.55 bits per heavy atom. The zero-order chi connectivity index (χ0) is 14.5. The van der Waals surface area contributed by atoms with Crippen LogP contribution in [0.2, 0.25) is 0 Å². The fourth-order valence-electron chi connectivity index (χ4n) is 2.24. The van der Waals surface area contributed by atoms with Gasteiger partial charge in [-0.25, -0.2) is 0 Å². The van der Waals surface area contributed by atoms with E-state index in [9.17, 15) is 4.79 Å². The van der Waals surface area contributed by atoms with Gasteiger partial charge in [0.05, 0.1) is 6.04 Å². The van der Waals surface area contributed by atoms with Crippen LogP contribution >= 0.6 is 0 Å². The third-order valence-electron chi connectivity index (χ3n) is 3.82. The molecule has 1 amide bonds. The van der Waals surface area contributed by atoms with E-state index >= 15 is 0 Å². The Kier molecular flexibility index (Phi) is 4.81. The van der Waals surface area contributed by atoms with E-state index in [1.54, 1.807) is 0 Å². The second-order valence-electron chi connectivity index (χ2n) is 5.44. The molecule has 1 aliphatic carbocycles. The van der Waals surface area contributed by atoms with E-state index in [1.807, 2.05) is 38.1 Å². The smallest absolute Gasteiger partial charge is 0.223 e. The van der Waals surface area contributed by atoms with Crippen molar-refractivity contribution in [2.75, 3.05) is 6.61 Å². The average molecular weight is 271 g/mol. The number of amides is 1. The molecule has 1 saturated carbocycles. The maximum absolute atomic E-state index is 12.1. The number of nitrogens with one attached hydrogen (secondary N) is 1. The van der Waals surface area contributed by atoms with Crippen molar-refractivity contribution in [1.82, 2.24) is 5.32 Å². The van der Waals surface area contributed by atoms with Gasteiger partial charge in [-0.3, -0.25) is 4.79 Å². The van der Waals surface area contributed by atoms with E-state index in [-0.39, 0.29) is 24.5 Å². The molecule has 2 rings (SSSR count). The van der Waals surface area contributed by atoms with Gasteiger partial charge in [0.25, 0.3) is 0 Å². The van der Waals surface area contributed by atoms with Crippen LogP contribution in [-0.2, 0) is 4.79 Å². The summed E-state index contributed by atoms with van der Waals surface area (Å²) in [5.74, 6) is 6.31. The third kappa shape index (κ3) is 3.85. The van der Waals surface area contributed by atoms with Crippen LogP contribution < -0.4 is 5.32 Å². The highest BCUT2D eigenvalue weighted by atomic mass is 16.2. The molecule has 0 bridgehead atoms. The first-order chi connectivity index (χ1) is 9.61. The molecule has 3 heteroatoms. The summed E-state index contributed by atoms with van der Waals surface area (Å²) < 4.78 is 0. The number of hydrogen-bond acceptors (Lipinski definition) is 2. The molecule has 2 atom stereocenters. The van der Waals surface area contributed by atoms with E-state index in [2.05, 4.69) is 17.2 Å². The summed E-state index contributed by atoms with van der Waals surface area (Å²) in [5, 5.41) is 11.7. The lowest BCUT2D eigenvalue weighted by Crippen LogP contribution is -2.32. The van der Waals surface area contributed by atoms with E-state index in [0.29, 0.717) is 5.92 Å². The molecule has 1 aromatic carbocycles. The van der Waals surface area contributed by atoms with Crippen LogP contribution in [0.3, 0.4) is 0 Å². The molecule has 0 radical (unpaired) electrons. The lowest BCUT2D eigenvalue weighted by atomic mass is 10.0. The standard InChI is InChI=1S/C17H21NO2/c1-12(15-9-10-15)17(20)18-13(2)16-7-5-14(6-8-16)4-3-11-19/h5-8,12-13,15,19H,9-11H2,1-2H3,(H,18,20). The molecule has 106 valence electrons. The predicted octanol–water partition coefficient (Wildman–Crippen LogP) is 2.25. The number of benzene rings is 1. The summed E-state index contributed by atoms with van der Waals surface area (Å²) in [5.41, 5.74) is 1.93. The normalized spacial score (nSPS) is 16.8. The molecule has 0 spiro atoms. The molecular formula is C17H21NO2. The van der Waals surface area contributed by atoms with E-state index in [0.717, 1.165) is 11.1 Å². The third-order valence-corrected chi connectivity index (χ3v) is 3.82. The van der Waals surface area contributed by atoms with Crippen molar-refractivity contribution >= 4 is 5.91 Å². The van der Waals surface area contributed by atoms with Gasteiger partial charge in [-0.1, -0.05) is 30.9 Å². The van der Waals surface area contributed by atoms with Crippen molar-refractivity contribution in [3.05, 3.63) is 35.4 Å². The summed E-state index contributed by atoms with van der Waals surface area (Å²) in [7, 11) is 0. The lowest BCUT2D eigenvalue weighted by Gasteiger charge is -2.17. The molecule has 3 nitrogen and oxygen atoms in total. The van der Waals surface area contributed by atoms with Crippen molar-refractivity contribution in [2.24, 2.45) is 11.8 Å². The predicted molar refractivity (Wildman–Crippen MR) is 78.9 cm³/mol. The van der Waals surface area contributed by atoms with E-state index in [1.165, 1.54) is 12.8 Å². The minimum absolute atomic E-state index is 0.00329. The van der Waals surface area contributed by atoms with E-state index < -0.39 is 0 Å². The summed E-state index contributed by atoms with van der Waals surface area (Å²) >= 11 is 0. The first-order valence-corrected chi connectivity index (χ1v) is 7.12. The highest BCUT2D eigenvalue weighted by molar-refractivity contribution is 5.79. The largest absolute Gasteiger partial charge is 0.384 e. The number of carbonyl (C=O) groups is 1. The summed E-state index contributed by atoms with van der Waals surface area (Å²) in [4.78, 5) is 12.1. The first-order valence-electron chi connectivity index (χ1n) is 7.12. The zero-order valence-corrected chi connectivity index (χ0v) is 12.0. The van der Waals surface area contributed by atoms with Crippen molar-refractivity contribution in [2.45, 2.75) is 32.7 Å². The van der Waals surface area contributed by atoms with Crippen LogP contribution in [0.1, 0.15) is 43.9 Å². The lowest BCUT2D eigenvalue weighted by molar-refractivity contribution is -0.125. The Morgan fingerprint density at radius 1 is 1.35 bits per heavy atom. The van der Waals surface area contributed by atoms with Crippen LogP contribution in [0.25, 0.3) is 0 Å². The Bertz CT molecular complexity index is 520. The SMILES string of the molecule is CC(NC(=O)C(C)C1CC1)c1ccc(C#CCO)cc1. The van der Waals surface area contributed by atoms with Gasteiger partial charge in [-0.2, -0.15) is 0 Å². The topological polar surface area (TPSA) is 49.3 Å². The maximum atomic E-state index is 12.1. The molecular weight excluding hydrogens is 250 g/mol. The van der Waals surface area contributed by atoms with Crippen LogP contribution in [-0.4, -0.2) is 17.6 Å². The van der Waals surface area contributed by atoms with Crippen molar-refractivity contribution in [1.29, 1.82) is 0 Å². The molecule has 1 fully saturated rings. The minimum Gasteiger partial charge on any atom is -0.384 e. The van der Waals surface area contributed by atoms with Crippen LogP contribution in [0.15, 0.2) is 24.3 Å². The first kappa shape index (κ1) is 14.6. The monoisotopic (exact) mass is 271 g/mol. The van der Waals surface area contributed by atoms with Gasteiger partial charge in [-0.05, 0) is 43.4 Å². The number of hydrogen-bond donors (Lipinski definition) is 2. The molecule has 0 heterocycles.